The van der Waals surface area contributed by atoms with Gasteiger partial charge in [-0.25, -0.2) is 0 Å². The van der Waals surface area contributed by atoms with Crippen LogP contribution in [0, 0.1) is 5.92 Å². The van der Waals surface area contributed by atoms with Crippen LogP contribution in [0.3, 0.4) is 0 Å². The molecule has 0 bridgehead atoms. The van der Waals surface area contributed by atoms with Crippen molar-refractivity contribution in [3.8, 4) is 0 Å². The second-order valence-electron chi connectivity index (χ2n) is 4.55. The Morgan fingerprint density at radius 3 is 2.87 bits per heavy atom. The predicted octanol–water partition coefficient (Wildman–Crippen LogP) is 1.76. The zero-order chi connectivity index (χ0) is 11.1. The molecule has 1 saturated heterocycles. The summed E-state index contributed by atoms with van der Waals surface area (Å²) in [7, 11) is 0. The molecular weight excluding hydrogens is 188 g/mol. The third-order valence-electron chi connectivity index (χ3n) is 3.12. The van der Waals surface area contributed by atoms with Gasteiger partial charge in [0.15, 0.2) is 0 Å². The number of nitrogens with two attached hydrogens (primary N) is 1. The van der Waals surface area contributed by atoms with Crippen LogP contribution < -0.4 is 5.73 Å². The molecule has 1 aliphatic rings. The third-order valence-corrected chi connectivity index (χ3v) is 3.12. The quantitative estimate of drug-likeness (QED) is 0.654. The Hall–Kier alpha value is -0.570. The van der Waals surface area contributed by atoms with Gasteiger partial charge in [0.2, 0.25) is 5.91 Å². The normalized spacial score (nSPS) is 21.3. The average molecular weight is 212 g/mol. The van der Waals surface area contributed by atoms with Gasteiger partial charge in [-0.2, -0.15) is 0 Å². The molecule has 3 nitrogen and oxygen atoms in total. The SMILES string of the molecule is CCCC1CC(=O)N(CCCCCN)C1. The topological polar surface area (TPSA) is 46.3 Å². The maximum atomic E-state index is 11.6. The van der Waals surface area contributed by atoms with E-state index in [9.17, 15) is 4.79 Å². The summed E-state index contributed by atoms with van der Waals surface area (Å²) >= 11 is 0. The summed E-state index contributed by atoms with van der Waals surface area (Å²) in [5.41, 5.74) is 5.43. The van der Waals surface area contributed by atoms with E-state index in [1.165, 1.54) is 12.8 Å². The highest BCUT2D eigenvalue weighted by Crippen LogP contribution is 2.22. The zero-order valence-corrected chi connectivity index (χ0v) is 9.87. The van der Waals surface area contributed by atoms with Crippen LogP contribution in [0.2, 0.25) is 0 Å². The van der Waals surface area contributed by atoms with Gasteiger partial charge in [0.05, 0.1) is 0 Å². The maximum absolute atomic E-state index is 11.6. The number of nitrogens with zero attached hydrogens (tertiary/aromatic N) is 1. The first kappa shape index (κ1) is 12.5. The summed E-state index contributed by atoms with van der Waals surface area (Å²) < 4.78 is 0. The van der Waals surface area contributed by atoms with Crippen LogP contribution in [-0.2, 0) is 4.79 Å². The van der Waals surface area contributed by atoms with Crippen molar-refractivity contribution in [3.63, 3.8) is 0 Å². The molecule has 1 aliphatic heterocycles. The molecule has 1 rings (SSSR count). The molecule has 0 aromatic rings. The standard InChI is InChI=1S/C12H24N2O/c1-2-6-11-9-12(15)14(10-11)8-5-3-4-7-13/h11H,2-10,13H2,1H3. The molecule has 2 N–H and O–H groups in total. The van der Waals surface area contributed by atoms with Crippen LogP contribution in [0.1, 0.15) is 45.4 Å². The lowest BCUT2D eigenvalue weighted by atomic mass is 10.0. The molecule has 3 heteroatoms. The van der Waals surface area contributed by atoms with Gasteiger partial charge in [-0.3, -0.25) is 4.79 Å². The van der Waals surface area contributed by atoms with E-state index >= 15 is 0 Å². The Bertz CT molecular complexity index is 194. The summed E-state index contributed by atoms with van der Waals surface area (Å²) in [6, 6.07) is 0. The van der Waals surface area contributed by atoms with Crippen molar-refractivity contribution in [1.29, 1.82) is 0 Å². The fraction of sp³-hybridized carbons (Fsp3) is 0.917. The molecule has 0 aromatic heterocycles. The van der Waals surface area contributed by atoms with Crippen LogP contribution in [0.15, 0.2) is 0 Å². The van der Waals surface area contributed by atoms with Crippen LogP contribution >= 0.6 is 0 Å². The molecule has 1 atom stereocenters. The maximum Gasteiger partial charge on any atom is 0.222 e. The van der Waals surface area contributed by atoms with Gasteiger partial charge < -0.3 is 10.6 Å². The predicted molar refractivity (Wildman–Crippen MR) is 62.5 cm³/mol. The molecular formula is C12H24N2O. The lowest BCUT2D eigenvalue weighted by Gasteiger charge is -2.16. The number of carbonyl (C=O) groups excluding carboxylic acids is 1. The molecule has 88 valence electrons. The van der Waals surface area contributed by atoms with Crippen LogP contribution in [0.25, 0.3) is 0 Å². The largest absolute Gasteiger partial charge is 0.342 e. The van der Waals surface area contributed by atoms with Crippen molar-refractivity contribution in [3.05, 3.63) is 0 Å². The van der Waals surface area contributed by atoms with Crippen LogP contribution in [0.4, 0.5) is 0 Å². The number of carbonyl (C=O) groups is 1. The van der Waals surface area contributed by atoms with Crippen molar-refractivity contribution in [1.82, 2.24) is 4.90 Å². The Balaban J connectivity index is 2.16. The summed E-state index contributed by atoms with van der Waals surface area (Å²) in [6.07, 6.45) is 6.52. The molecule has 0 aromatic carbocycles. The van der Waals surface area contributed by atoms with E-state index in [4.69, 9.17) is 5.73 Å². The summed E-state index contributed by atoms with van der Waals surface area (Å²) in [5, 5.41) is 0. The lowest BCUT2D eigenvalue weighted by Crippen LogP contribution is -2.26. The van der Waals surface area contributed by atoms with Crippen molar-refractivity contribution >= 4 is 5.91 Å². The third kappa shape index (κ3) is 4.20. The second-order valence-corrected chi connectivity index (χ2v) is 4.55. The van der Waals surface area contributed by atoms with Crippen molar-refractivity contribution < 1.29 is 4.79 Å². The first-order valence-electron chi connectivity index (χ1n) is 6.25. The zero-order valence-electron chi connectivity index (χ0n) is 9.87. The molecule has 15 heavy (non-hydrogen) atoms. The molecule has 0 aliphatic carbocycles. The Morgan fingerprint density at radius 2 is 2.20 bits per heavy atom. The average Bonchev–Trinajstić information content (AvgIpc) is 2.55. The van der Waals surface area contributed by atoms with E-state index in [0.717, 1.165) is 45.3 Å². The van der Waals surface area contributed by atoms with Crippen LogP contribution in [-0.4, -0.2) is 30.4 Å². The van der Waals surface area contributed by atoms with E-state index in [1.54, 1.807) is 0 Å². The highest BCUT2D eigenvalue weighted by atomic mass is 16.2. The van der Waals surface area contributed by atoms with Gasteiger partial charge in [-0.15, -0.1) is 0 Å². The first-order valence-corrected chi connectivity index (χ1v) is 6.25. The second kappa shape index (κ2) is 6.83. The lowest BCUT2D eigenvalue weighted by molar-refractivity contribution is -0.127. The Kier molecular flexibility index (Phi) is 5.69. The number of likely N-dealkylation sites (tertiary alicyclic amines) is 1. The fourth-order valence-electron chi connectivity index (χ4n) is 2.30. The van der Waals surface area contributed by atoms with Gasteiger partial charge in [0.25, 0.3) is 0 Å². The Labute approximate surface area is 93.0 Å². The first-order chi connectivity index (χ1) is 7.27. The van der Waals surface area contributed by atoms with E-state index < -0.39 is 0 Å². The number of unbranched alkanes of at least 4 members (excludes halogenated alkanes) is 2. The highest BCUT2D eigenvalue weighted by molar-refractivity contribution is 5.78. The molecule has 0 spiro atoms. The van der Waals surface area contributed by atoms with Crippen molar-refractivity contribution in [2.75, 3.05) is 19.6 Å². The van der Waals surface area contributed by atoms with E-state index in [2.05, 4.69) is 6.92 Å². The fourth-order valence-corrected chi connectivity index (χ4v) is 2.30. The van der Waals surface area contributed by atoms with Gasteiger partial charge in [0.1, 0.15) is 0 Å². The molecule has 1 fully saturated rings. The van der Waals surface area contributed by atoms with Crippen LogP contribution in [0.5, 0.6) is 0 Å². The molecule has 0 saturated carbocycles. The Morgan fingerprint density at radius 1 is 1.40 bits per heavy atom. The van der Waals surface area contributed by atoms with Gasteiger partial charge in [0, 0.05) is 19.5 Å². The van der Waals surface area contributed by atoms with Crippen molar-refractivity contribution in [2.24, 2.45) is 11.7 Å². The minimum absolute atomic E-state index is 0.362. The minimum Gasteiger partial charge on any atom is -0.342 e. The van der Waals surface area contributed by atoms with Gasteiger partial charge in [-0.05, 0) is 31.7 Å². The van der Waals surface area contributed by atoms with E-state index in [0.29, 0.717) is 11.8 Å². The monoisotopic (exact) mass is 212 g/mol. The number of amides is 1. The van der Waals surface area contributed by atoms with Gasteiger partial charge in [-0.1, -0.05) is 19.8 Å². The van der Waals surface area contributed by atoms with E-state index in [-0.39, 0.29) is 0 Å². The molecule has 0 radical (unpaired) electrons. The number of hydrogen-bond donors (Lipinski definition) is 1. The number of rotatable bonds is 7. The van der Waals surface area contributed by atoms with Gasteiger partial charge >= 0.3 is 0 Å². The highest BCUT2D eigenvalue weighted by Gasteiger charge is 2.27. The number of hydrogen-bond acceptors (Lipinski definition) is 2. The van der Waals surface area contributed by atoms with Crippen molar-refractivity contribution in [2.45, 2.75) is 45.4 Å². The molecule has 1 heterocycles. The molecule has 1 amide bonds. The molecule has 1 unspecified atom stereocenters. The summed E-state index contributed by atoms with van der Waals surface area (Å²) in [5.74, 6) is 0.984. The smallest absolute Gasteiger partial charge is 0.222 e. The van der Waals surface area contributed by atoms with E-state index in [1.807, 2.05) is 4.90 Å². The summed E-state index contributed by atoms with van der Waals surface area (Å²) in [6.45, 7) is 4.90. The minimum atomic E-state index is 0.362. The summed E-state index contributed by atoms with van der Waals surface area (Å²) in [4.78, 5) is 13.7.